The highest BCUT2D eigenvalue weighted by atomic mass is 32.1. The average Bonchev–Trinajstić information content (AvgIpc) is 3.32. The van der Waals surface area contributed by atoms with E-state index in [2.05, 4.69) is 46.9 Å². The molecule has 1 aliphatic heterocycles. The maximum atomic E-state index is 13.1. The van der Waals surface area contributed by atoms with Crippen molar-refractivity contribution in [3.05, 3.63) is 53.4 Å². The Balaban J connectivity index is 1.49. The lowest BCUT2D eigenvalue weighted by molar-refractivity contribution is 0.0708. The SMILES string of the molecule is CN(C)CCn1ccnc1C1CCCN(C(=O)c2cc3ccccc3s2)C1. The van der Waals surface area contributed by atoms with Crippen LogP contribution in [0.1, 0.15) is 34.3 Å². The van der Waals surface area contributed by atoms with E-state index in [9.17, 15) is 4.79 Å². The van der Waals surface area contributed by atoms with Gasteiger partial charge >= 0.3 is 0 Å². The molecule has 1 unspecified atom stereocenters. The van der Waals surface area contributed by atoms with E-state index >= 15 is 0 Å². The minimum absolute atomic E-state index is 0.160. The van der Waals surface area contributed by atoms with Crippen LogP contribution in [-0.2, 0) is 6.54 Å². The number of piperidine rings is 1. The van der Waals surface area contributed by atoms with Crippen LogP contribution < -0.4 is 0 Å². The van der Waals surface area contributed by atoms with Gasteiger partial charge in [0.25, 0.3) is 5.91 Å². The van der Waals surface area contributed by atoms with Crippen LogP contribution in [0.4, 0.5) is 0 Å². The number of likely N-dealkylation sites (N-methyl/N-ethyl adjacent to an activating group) is 1. The number of carbonyl (C=O) groups excluding carboxylic acids is 1. The van der Waals surface area contributed by atoms with Crippen molar-refractivity contribution >= 4 is 27.3 Å². The molecule has 3 aromatic rings. The predicted octanol–water partition coefficient (Wildman–Crippen LogP) is 3.68. The summed E-state index contributed by atoms with van der Waals surface area (Å²) in [6.45, 7) is 3.51. The summed E-state index contributed by atoms with van der Waals surface area (Å²) in [6.07, 6.45) is 6.07. The molecule has 142 valence electrons. The van der Waals surface area contributed by atoms with Crippen molar-refractivity contribution < 1.29 is 4.79 Å². The third-order valence-corrected chi connectivity index (χ3v) is 6.35. The van der Waals surface area contributed by atoms with Gasteiger partial charge in [0.1, 0.15) is 5.82 Å². The zero-order valence-electron chi connectivity index (χ0n) is 16.0. The number of fused-ring (bicyclic) bond motifs is 1. The zero-order chi connectivity index (χ0) is 18.8. The Morgan fingerprint density at radius 3 is 3.00 bits per heavy atom. The summed E-state index contributed by atoms with van der Waals surface area (Å²) < 4.78 is 3.42. The second kappa shape index (κ2) is 7.82. The fraction of sp³-hybridized carbons (Fsp3) is 0.429. The minimum Gasteiger partial charge on any atom is -0.337 e. The van der Waals surface area contributed by atoms with Gasteiger partial charge in [-0.2, -0.15) is 0 Å². The fourth-order valence-corrected chi connectivity index (χ4v) is 4.82. The van der Waals surface area contributed by atoms with Crippen LogP contribution in [-0.4, -0.2) is 59.0 Å². The number of amides is 1. The third kappa shape index (κ3) is 3.92. The van der Waals surface area contributed by atoms with Gasteiger partial charge in [0.2, 0.25) is 0 Å². The third-order valence-electron chi connectivity index (χ3n) is 5.25. The first-order valence-electron chi connectivity index (χ1n) is 9.55. The zero-order valence-corrected chi connectivity index (χ0v) is 16.8. The summed E-state index contributed by atoms with van der Waals surface area (Å²) in [5.41, 5.74) is 0. The monoisotopic (exact) mass is 382 g/mol. The Morgan fingerprint density at radius 2 is 2.19 bits per heavy atom. The summed E-state index contributed by atoms with van der Waals surface area (Å²) >= 11 is 1.59. The molecule has 0 spiro atoms. The van der Waals surface area contributed by atoms with Gasteiger partial charge in [-0.25, -0.2) is 4.98 Å². The van der Waals surface area contributed by atoms with Crippen LogP contribution in [0.3, 0.4) is 0 Å². The van der Waals surface area contributed by atoms with Crippen LogP contribution in [0.15, 0.2) is 42.7 Å². The second-order valence-corrected chi connectivity index (χ2v) is 8.60. The molecule has 1 fully saturated rings. The fourth-order valence-electron chi connectivity index (χ4n) is 3.79. The maximum absolute atomic E-state index is 13.1. The molecule has 0 bridgehead atoms. The number of aromatic nitrogens is 2. The highest BCUT2D eigenvalue weighted by molar-refractivity contribution is 7.20. The number of rotatable bonds is 5. The first kappa shape index (κ1) is 18.2. The molecule has 2 aromatic heterocycles. The maximum Gasteiger partial charge on any atom is 0.263 e. The second-order valence-electron chi connectivity index (χ2n) is 7.52. The van der Waals surface area contributed by atoms with Crippen molar-refractivity contribution in [1.82, 2.24) is 19.4 Å². The normalized spacial score (nSPS) is 17.7. The lowest BCUT2D eigenvalue weighted by Gasteiger charge is -2.32. The molecule has 4 rings (SSSR count). The summed E-state index contributed by atoms with van der Waals surface area (Å²) in [4.78, 5) is 22.8. The number of carbonyl (C=O) groups is 1. The molecule has 1 aromatic carbocycles. The average molecular weight is 383 g/mol. The van der Waals surface area contributed by atoms with E-state index in [1.54, 1.807) is 11.3 Å². The van der Waals surface area contributed by atoms with Gasteiger partial charge in [0, 0.05) is 49.2 Å². The molecule has 0 N–H and O–H groups in total. The van der Waals surface area contributed by atoms with Crippen molar-refractivity contribution in [2.24, 2.45) is 0 Å². The Labute approximate surface area is 164 Å². The number of likely N-dealkylation sites (tertiary alicyclic amines) is 1. The van der Waals surface area contributed by atoms with Crippen LogP contribution in [0, 0.1) is 0 Å². The minimum atomic E-state index is 0.160. The quantitative estimate of drug-likeness (QED) is 0.676. The number of imidazole rings is 1. The molecule has 1 aliphatic rings. The van der Waals surface area contributed by atoms with Gasteiger partial charge in [0.15, 0.2) is 0 Å². The Morgan fingerprint density at radius 1 is 1.33 bits per heavy atom. The van der Waals surface area contributed by atoms with Crippen molar-refractivity contribution in [3.8, 4) is 0 Å². The summed E-state index contributed by atoms with van der Waals surface area (Å²) in [5.74, 6) is 1.59. The standard InChI is InChI=1S/C21H26N4OS/c1-23(2)12-13-24-11-9-22-20(24)17-7-5-10-25(15-17)21(26)19-14-16-6-3-4-8-18(16)27-19/h3-4,6,8-9,11,14,17H,5,7,10,12-13,15H2,1-2H3. The smallest absolute Gasteiger partial charge is 0.263 e. The topological polar surface area (TPSA) is 41.4 Å². The molecule has 5 nitrogen and oxygen atoms in total. The van der Waals surface area contributed by atoms with Crippen LogP contribution in [0.5, 0.6) is 0 Å². The van der Waals surface area contributed by atoms with Gasteiger partial charge in [0.05, 0.1) is 4.88 Å². The van der Waals surface area contributed by atoms with Gasteiger partial charge in [-0.05, 0) is 44.5 Å². The molecule has 1 atom stereocenters. The highest BCUT2D eigenvalue weighted by Gasteiger charge is 2.28. The van der Waals surface area contributed by atoms with Crippen LogP contribution in [0.2, 0.25) is 0 Å². The van der Waals surface area contributed by atoms with E-state index in [1.807, 2.05) is 29.3 Å². The molecule has 3 heterocycles. The lowest BCUT2D eigenvalue weighted by Crippen LogP contribution is -2.39. The number of benzene rings is 1. The number of hydrogen-bond donors (Lipinski definition) is 0. The summed E-state index contributed by atoms with van der Waals surface area (Å²) in [5, 5.41) is 1.15. The van der Waals surface area contributed by atoms with Crippen molar-refractivity contribution in [2.45, 2.75) is 25.3 Å². The van der Waals surface area contributed by atoms with Crippen LogP contribution >= 0.6 is 11.3 Å². The van der Waals surface area contributed by atoms with Gasteiger partial charge in [-0.3, -0.25) is 4.79 Å². The van der Waals surface area contributed by atoms with Gasteiger partial charge in [-0.1, -0.05) is 18.2 Å². The lowest BCUT2D eigenvalue weighted by atomic mass is 9.97. The molecule has 6 heteroatoms. The van der Waals surface area contributed by atoms with Gasteiger partial charge < -0.3 is 14.4 Å². The van der Waals surface area contributed by atoms with E-state index < -0.39 is 0 Å². The predicted molar refractivity (Wildman–Crippen MR) is 110 cm³/mol. The van der Waals surface area contributed by atoms with E-state index in [1.165, 1.54) is 4.70 Å². The molecule has 1 amide bonds. The Bertz CT molecular complexity index is 896. The molecular formula is C21H26N4OS. The van der Waals surface area contributed by atoms with E-state index in [0.717, 1.165) is 55.1 Å². The molecule has 0 saturated carbocycles. The number of hydrogen-bond acceptors (Lipinski definition) is 4. The summed E-state index contributed by atoms with van der Waals surface area (Å²) in [7, 11) is 4.17. The molecule has 0 radical (unpaired) electrons. The van der Waals surface area contributed by atoms with E-state index in [4.69, 9.17) is 0 Å². The van der Waals surface area contributed by atoms with E-state index in [0.29, 0.717) is 5.92 Å². The van der Waals surface area contributed by atoms with Crippen molar-refractivity contribution in [1.29, 1.82) is 0 Å². The van der Waals surface area contributed by atoms with Crippen molar-refractivity contribution in [2.75, 3.05) is 33.7 Å². The highest BCUT2D eigenvalue weighted by Crippen LogP contribution is 2.30. The first-order valence-corrected chi connectivity index (χ1v) is 10.4. The number of nitrogens with zero attached hydrogens (tertiary/aromatic N) is 4. The van der Waals surface area contributed by atoms with Gasteiger partial charge in [-0.15, -0.1) is 11.3 Å². The van der Waals surface area contributed by atoms with E-state index in [-0.39, 0.29) is 5.91 Å². The first-order chi connectivity index (χ1) is 13.1. The van der Waals surface area contributed by atoms with Crippen LogP contribution in [0.25, 0.3) is 10.1 Å². The largest absolute Gasteiger partial charge is 0.337 e. The molecular weight excluding hydrogens is 356 g/mol. The summed E-state index contributed by atoms with van der Waals surface area (Å²) in [6, 6.07) is 10.2. The van der Waals surface area contributed by atoms with Crippen molar-refractivity contribution in [3.63, 3.8) is 0 Å². The Kier molecular flexibility index (Phi) is 5.27. The Hall–Kier alpha value is -2.18. The molecule has 27 heavy (non-hydrogen) atoms. The molecule has 0 aliphatic carbocycles. The number of thiophene rings is 1. The molecule has 1 saturated heterocycles.